The van der Waals surface area contributed by atoms with Gasteiger partial charge in [0.25, 0.3) is 0 Å². The summed E-state index contributed by atoms with van der Waals surface area (Å²) in [6.07, 6.45) is 0.192. The van der Waals surface area contributed by atoms with E-state index in [0.717, 1.165) is 0 Å². The molecule has 1 amide bonds. The Labute approximate surface area is 112 Å². The number of carbonyl (C=O) groups excluding carboxylic acids is 1. The van der Waals surface area contributed by atoms with Gasteiger partial charge in [-0.2, -0.15) is 0 Å². The minimum atomic E-state index is -0.774. The van der Waals surface area contributed by atoms with Crippen molar-refractivity contribution in [1.29, 1.82) is 0 Å². The SMILES string of the molecule is CC(C)(C)OC(=O)N1CC2CC(C(=O)O)CC(C1)O2. The zero-order chi connectivity index (χ0) is 14.2. The van der Waals surface area contributed by atoms with Crippen molar-refractivity contribution in [2.75, 3.05) is 13.1 Å². The van der Waals surface area contributed by atoms with E-state index >= 15 is 0 Å². The maximum Gasteiger partial charge on any atom is 0.410 e. The van der Waals surface area contributed by atoms with Crippen LogP contribution < -0.4 is 0 Å². The van der Waals surface area contributed by atoms with Crippen LogP contribution in [0.25, 0.3) is 0 Å². The molecule has 2 rings (SSSR count). The van der Waals surface area contributed by atoms with E-state index in [-0.39, 0.29) is 24.2 Å². The lowest BCUT2D eigenvalue weighted by atomic mass is 9.89. The highest BCUT2D eigenvalue weighted by molar-refractivity contribution is 5.71. The van der Waals surface area contributed by atoms with E-state index in [2.05, 4.69) is 0 Å². The van der Waals surface area contributed by atoms with Crippen molar-refractivity contribution in [3.05, 3.63) is 0 Å². The first kappa shape index (κ1) is 14.1. The summed E-state index contributed by atoms with van der Waals surface area (Å²) >= 11 is 0. The van der Waals surface area contributed by atoms with E-state index < -0.39 is 11.6 Å². The summed E-state index contributed by atoms with van der Waals surface area (Å²) in [6.45, 7) is 6.30. The second-order valence-corrected chi connectivity index (χ2v) is 6.27. The van der Waals surface area contributed by atoms with Crippen molar-refractivity contribution in [2.45, 2.75) is 51.4 Å². The van der Waals surface area contributed by atoms with Gasteiger partial charge in [-0.1, -0.05) is 0 Å². The summed E-state index contributed by atoms with van der Waals surface area (Å²) < 4.78 is 11.0. The molecule has 6 heteroatoms. The van der Waals surface area contributed by atoms with Gasteiger partial charge in [-0.25, -0.2) is 4.79 Å². The quantitative estimate of drug-likeness (QED) is 0.782. The predicted octanol–water partition coefficient (Wildman–Crippen LogP) is 1.49. The molecule has 0 aromatic rings. The van der Waals surface area contributed by atoms with E-state index in [1.165, 1.54) is 0 Å². The fourth-order valence-corrected chi connectivity index (χ4v) is 2.59. The Bertz CT molecular complexity index is 362. The molecule has 0 aliphatic carbocycles. The van der Waals surface area contributed by atoms with Crippen LogP contribution in [0.15, 0.2) is 0 Å². The number of rotatable bonds is 1. The van der Waals surface area contributed by atoms with Gasteiger partial charge in [0.2, 0.25) is 0 Å². The molecule has 2 aliphatic rings. The lowest BCUT2D eigenvalue weighted by Gasteiger charge is -2.43. The molecule has 0 spiro atoms. The third kappa shape index (κ3) is 3.59. The smallest absolute Gasteiger partial charge is 0.410 e. The van der Waals surface area contributed by atoms with Gasteiger partial charge in [0, 0.05) is 0 Å². The van der Waals surface area contributed by atoms with Crippen LogP contribution in [0.4, 0.5) is 4.79 Å². The summed E-state index contributed by atoms with van der Waals surface area (Å²) in [5.41, 5.74) is -0.520. The number of carboxylic acids is 1. The van der Waals surface area contributed by atoms with Crippen LogP contribution in [0.5, 0.6) is 0 Å². The molecule has 2 bridgehead atoms. The summed E-state index contributed by atoms with van der Waals surface area (Å²) in [5.74, 6) is -1.13. The van der Waals surface area contributed by atoms with E-state index in [4.69, 9.17) is 14.6 Å². The molecule has 0 radical (unpaired) electrons. The molecule has 19 heavy (non-hydrogen) atoms. The molecule has 0 aromatic heterocycles. The van der Waals surface area contributed by atoms with Crippen LogP contribution in [0.2, 0.25) is 0 Å². The molecule has 2 unspecified atom stereocenters. The van der Waals surface area contributed by atoms with Crippen molar-refractivity contribution < 1.29 is 24.2 Å². The molecule has 2 fully saturated rings. The minimum absolute atomic E-state index is 0.193. The fraction of sp³-hybridized carbons (Fsp3) is 0.846. The first-order valence-electron chi connectivity index (χ1n) is 6.61. The molecule has 2 aliphatic heterocycles. The van der Waals surface area contributed by atoms with Gasteiger partial charge >= 0.3 is 12.1 Å². The fourth-order valence-electron chi connectivity index (χ4n) is 2.59. The van der Waals surface area contributed by atoms with Gasteiger partial charge in [-0.15, -0.1) is 0 Å². The van der Waals surface area contributed by atoms with Gasteiger partial charge in [0.1, 0.15) is 5.60 Å². The Balaban J connectivity index is 1.95. The number of aliphatic carboxylic acids is 1. The summed E-state index contributed by atoms with van der Waals surface area (Å²) in [5, 5.41) is 9.06. The second-order valence-electron chi connectivity index (χ2n) is 6.27. The summed E-state index contributed by atoms with van der Waals surface area (Å²) in [6, 6.07) is 0. The maximum atomic E-state index is 12.0. The van der Waals surface area contributed by atoms with Crippen LogP contribution in [0.1, 0.15) is 33.6 Å². The number of fused-ring (bicyclic) bond motifs is 2. The van der Waals surface area contributed by atoms with Crippen LogP contribution in [0.3, 0.4) is 0 Å². The van der Waals surface area contributed by atoms with E-state index in [9.17, 15) is 9.59 Å². The van der Waals surface area contributed by atoms with Crippen LogP contribution in [-0.4, -0.2) is 53.0 Å². The number of ether oxygens (including phenoxy) is 2. The third-order valence-electron chi connectivity index (χ3n) is 3.33. The van der Waals surface area contributed by atoms with E-state index in [0.29, 0.717) is 25.9 Å². The largest absolute Gasteiger partial charge is 0.481 e. The van der Waals surface area contributed by atoms with Gasteiger partial charge in [-0.3, -0.25) is 4.79 Å². The first-order valence-corrected chi connectivity index (χ1v) is 6.61. The number of hydrogen-bond acceptors (Lipinski definition) is 4. The molecular formula is C13H21NO5. The average molecular weight is 271 g/mol. The predicted molar refractivity (Wildman–Crippen MR) is 66.8 cm³/mol. The topological polar surface area (TPSA) is 76.1 Å². The van der Waals surface area contributed by atoms with Gasteiger partial charge < -0.3 is 19.5 Å². The van der Waals surface area contributed by atoms with E-state index in [1.807, 2.05) is 20.8 Å². The van der Waals surface area contributed by atoms with Crippen molar-refractivity contribution in [3.8, 4) is 0 Å². The van der Waals surface area contributed by atoms with Crippen molar-refractivity contribution >= 4 is 12.1 Å². The zero-order valence-electron chi connectivity index (χ0n) is 11.6. The molecule has 0 aromatic carbocycles. The molecule has 2 saturated heterocycles. The Kier molecular flexibility index (Phi) is 3.71. The number of hydrogen-bond donors (Lipinski definition) is 1. The molecule has 2 heterocycles. The standard InChI is InChI=1S/C13H21NO5/c1-13(2,3)19-12(17)14-6-9-4-8(11(15)16)5-10(7-14)18-9/h8-10H,4-7H2,1-3H3,(H,15,16). The maximum absolute atomic E-state index is 12.0. The van der Waals surface area contributed by atoms with Crippen LogP contribution in [0, 0.1) is 5.92 Å². The van der Waals surface area contributed by atoms with Gasteiger partial charge in [0.05, 0.1) is 31.2 Å². The Hall–Kier alpha value is -1.30. The minimum Gasteiger partial charge on any atom is -0.481 e. The summed E-state index contributed by atoms with van der Waals surface area (Å²) in [4.78, 5) is 24.6. The Morgan fingerprint density at radius 3 is 2.16 bits per heavy atom. The molecule has 2 atom stereocenters. The second kappa shape index (κ2) is 5.00. The van der Waals surface area contributed by atoms with Crippen LogP contribution >= 0.6 is 0 Å². The van der Waals surface area contributed by atoms with Gasteiger partial charge in [0.15, 0.2) is 0 Å². The highest BCUT2D eigenvalue weighted by Gasteiger charge is 2.40. The molecule has 108 valence electrons. The molecule has 6 nitrogen and oxygen atoms in total. The molecule has 0 saturated carbocycles. The van der Waals surface area contributed by atoms with Gasteiger partial charge in [-0.05, 0) is 33.6 Å². The highest BCUT2D eigenvalue weighted by atomic mass is 16.6. The Morgan fingerprint density at radius 1 is 1.21 bits per heavy atom. The molecular weight excluding hydrogens is 250 g/mol. The highest BCUT2D eigenvalue weighted by Crippen LogP contribution is 2.30. The number of carbonyl (C=O) groups is 2. The van der Waals surface area contributed by atoms with Crippen molar-refractivity contribution in [3.63, 3.8) is 0 Å². The van der Waals surface area contributed by atoms with Crippen molar-refractivity contribution in [2.24, 2.45) is 5.92 Å². The first-order chi connectivity index (χ1) is 8.74. The lowest BCUT2D eigenvalue weighted by Crippen LogP contribution is -2.55. The molecule has 1 N–H and O–H groups in total. The monoisotopic (exact) mass is 271 g/mol. The summed E-state index contributed by atoms with van der Waals surface area (Å²) in [7, 11) is 0. The Morgan fingerprint density at radius 2 is 1.74 bits per heavy atom. The normalized spacial score (nSPS) is 30.9. The number of nitrogens with zero attached hydrogens (tertiary/aromatic N) is 1. The number of carboxylic acid groups (broad SMARTS) is 1. The van der Waals surface area contributed by atoms with E-state index in [1.54, 1.807) is 4.90 Å². The average Bonchev–Trinajstić information content (AvgIpc) is 2.25. The third-order valence-corrected chi connectivity index (χ3v) is 3.33. The number of likely N-dealkylation sites (tertiary alicyclic amines) is 1. The van der Waals surface area contributed by atoms with Crippen molar-refractivity contribution in [1.82, 2.24) is 4.90 Å². The van der Waals surface area contributed by atoms with Crippen LogP contribution in [-0.2, 0) is 14.3 Å². The zero-order valence-corrected chi connectivity index (χ0v) is 11.6. The number of morpholine rings is 1. The number of amides is 1. The lowest BCUT2D eigenvalue weighted by molar-refractivity contribution is -0.160.